The number of urea groups is 1. The fraction of sp³-hybridized carbons (Fsp3) is 0.588. The van der Waals surface area contributed by atoms with E-state index in [9.17, 15) is 4.79 Å². The number of amides is 2. The Morgan fingerprint density at radius 2 is 2.18 bits per heavy atom. The SMILES string of the molecule is C[C@]1(CNC(=O)N[C@@H](CCCO)c2ccccc2)CCCS1. The van der Waals surface area contributed by atoms with Gasteiger partial charge in [0.15, 0.2) is 0 Å². The molecule has 1 fully saturated rings. The molecule has 1 aromatic rings. The molecule has 2 amide bonds. The zero-order valence-corrected chi connectivity index (χ0v) is 14.0. The van der Waals surface area contributed by atoms with Crippen LogP contribution in [0.25, 0.3) is 0 Å². The number of aliphatic hydroxyl groups is 1. The van der Waals surface area contributed by atoms with E-state index < -0.39 is 0 Å². The van der Waals surface area contributed by atoms with E-state index in [4.69, 9.17) is 5.11 Å². The standard InChI is InChI=1S/C17H26N2O2S/c1-17(10-6-12-22-17)13-18-16(21)19-15(9-5-11-20)14-7-3-2-4-8-14/h2-4,7-8,15,20H,5-6,9-13H2,1H3,(H2,18,19,21)/t15-,17+/m0/s1. The van der Waals surface area contributed by atoms with Crippen molar-refractivity contribution >= 4 is 17.8 Å². The third kappa shape index (κ3) is 5.21. The maximum Gasteiger partial charge on any atom is 0.315 e. The van der Waals surface area contributed by atoms with Gasteiger partial charge in [-0.2, -0.15) is 11.8 Å². The zero-order chi connectivity index (χ0) is 15.8. The number of carbonyl (C=O) groups excluding carboxylic acids is 1. The number of thioether (sulfide) groups is 1. The van der Waals surface area contributed by atoms with E-state index >= 15 is 0 Å². The smallest absolute Gasteiger partial charge is 0.315 e. The number of carbonyl (C=O) groups is 1. The van der Waals surface area contributed by atoms with Crippen molar-refractivity contribution in [3.63, 3.8) is 0 Å². The van der Waals surface area contributed by atoms with E-state index in [0.717, 1.165) is 18.4 Å². The van der Waals surface area contributed by atoms with Crippen molar-refractivity contribution in [2.24, 2.45) is 0 Å². The second-order valence-electron chi connectivity index (χ2n) is 6.06. The average molecular weight is 322 g/mol. The number of aliphatic hydroxyl groups excluding tert-OH is 1. The minimum Gasteiger partial charge on any atom is -0.396 e. The molecule has 1 aromatic carbocycles. The Labute approximate surface area is 137 Å². The summed E-state index contributed by atoms with van der Waals surface area (Å²) in [7, 11) is 0. The summed E-state index contributed by atoms with van der Waals surface area (Å²) in [6, 6.07) is 9.74. The minimum absolute atomic E-state index is 0.0580. The fourth-order valence-corrected chi connectivity index (χ4v) is 4.00. The third-order valence-electron chi connectivity index (χ3n) is 4.08. The second kappa shape index (κ2) is 8.44. The lowest BCUT2D eigenvalue weighted by atomic mass is 10.0. The highest BCUT2D eigenvalue weighted by Gasteiger charge is 2.29. The van der Waals surface area contributed by atoms with Gasteiger partial charge in [0, 0.05) is 17.9 Å². The molecule has 5 heteroatoms. The van der Waals surface area contributed by atoms with E-state index in [0.29, 0.717) is 13.0 Å². The molecular weight excluding hydrogens is 296 g/mol. The van der Waals surface area contributed by atoms with Gasteiger partial charge in [-0.1, -0.05) is 30.3 Å². The highest BCUT2D eigenvalue weighted by Crippen LogP contribution is 2.36. The Kier molecular flexibility index (Phi) is 6.58. The van der Waals surface area contributed by atoms with Crippen LogP contribution >= 0.6 is 11.8 Å². The molecule has 1 saturated heterocycles. The first-order valence-corrected chi connectivity index (χ1v) is 8.96. The molecule has 4 nitrogen and oxygen atoms in total. The van der Waals surface area contributed by atoms with Crippen LogP contribution < -0.4 is 10.6 Å². The van der Waals surface area contributed by atoms with Gasteiger partial charge in [0.2, 0.25) is 0 Å². The van der Waals surface area contributed by atoms with Crippen molar-refractivity contribution in [1.82, 2.24) is 10.6 Å². The van der Waals surface area contributed by atoms with Crippen molar-refractivity contribution in [1.29, 1.82) is 0 Å². The van der Waals surface area contributed by atoms with Crippen LogP contribution in [-0.2, 0) is 0 Å². The minimum atomic E-state index is -0.125. The van der Waals surface area contributed by atoms with Crippen LogP contribution in [0.4, 0.5) is 4.79 Å². The summed E-state index contributed by atoms with van der Waals surface area (Å²) in [5, 5.41) is 15.1. The Bertz CT molecular complexity index is 461. The quantitative estimate of drug-likeness (QED) is 0.723. The van der Waals surface area contributed by atoms with E-state index in [-0.39, 0.29) is 23.4 Å². The van der Waals surface area contributed by atoms with Crippen molar-refractivity contribution in [3.8, 4) is 0 Å². The van der Waals surface area contributed by atoms with Crippen LogP contribution in [0.15, 0.2) is 30.3 Å². The first kappa shape index (κ1) is 17.2. The van der Waals surface area contributed by atoms with Gasteiger partial charge in [-0.3, -0.25) is 0 Å². The van der Waals surface area contributed by atoms with Gasteiger partial charge in [-0.05, 0) is 43.9 Å². The number of hydrogen-bond donors (Lipinski definition) is 3. The van der Waals surface area contributed by atoms with E-state index in [1.54, 1.807) is 0 Å². The van der Waals surface area contributed by atoms with Crippen molar-refractivity contribution < 1.29 is 9.90 Å². The summed E-state index contributed by atoms with van der Waals surface area (Å²) in [4.78, 5) is 12.2. The Balaban J connectivity index is 1.87. The van der Waals surface area contributed by atoms with Gasteiger partial charge >= 0.3 is 6.03 Å². The monoisotopic (exact) mass is 322 g/mol. The molecule has 1 aliphatic rings. The topological polar surface area (TPSA) is 61.4 Å². The molecular formula is C17H26N2O2S. The highest BCUT2D eigenvalue weighted by molar-refractivity contribution is 8.00. The summed E-state index contributed by atoms with van der Waals surface area (Å²) in [5.41, 5.74) is 1.08. The molecule has 2 rings (SSSR count). The summed E-state index contributed by atoms with van der Waals surface area (Å²) in [6.07, 6.45) is 3.80. The highest BCUT2D eigenvalue weighted by atomic mass is 32.2. The molecule has 0 bridgehead atoms. The van der Waals surface area contributed by atoms with Gasteiger partial charge in [-0.25, -0.2) is 4.79 Å². The molecule has 3 N–H and O–H groups in total. The number of hydrogen-bond acceptors (Lipinski definition) is 3. The van der Waals surface area contributed by atoms with Gasteiger partial charge in [0.1, 0.15) is 0 Å². The largest absolute Gasteiger partial charge is 0.396 e. The van der Waals surface area contributed by atoms with Crippen LogP contribution in [0.5, 0.6) is 0 Å². The second-order valence-corrected chi connectivity index (χ2v) is 7.74. The molecule has 0 unspecified atom stereocenters. The molecule has 0 aliphatic carbocycles. The third-order valence-corrected chi connectivity index (χ3v) is 5.62. The van der Waals surface area contributed by atoms with E-state index in [1.807, 2.05) is 42.1 Å². The molecule has 2 atom stereocenters. The maximum atomic E-state index is 12.2. The van der Waals surface area contributed by atoms with E-state index in [2.05, 4.69) is 17.6 Å². The number of nitrogens with one attached hydrogen (secondary N) is 2. The molecule has 122 valence electrons. The summed E-state index contributed by atoms with van der Waals surface area (Å²) < 4.78 is 0.171. The van der Waals surface area contributed by atoms with Gasteiger partial charge < -0.3 is 15.7 Å². The van der Waals surface area contributed by atoms with Crippen LogP contribution in [0.2, 0.25) is 0 Å². The first-order chi connectivity index (χ1) is 10.6. The Morgan fingerprint density at radius 3 is 2.82 bits per heavy atom. The molecule has 0 radical (unpaired) electrons. The molecule has 22 heavy (non-hydrogen) atoms. The van der Waals surface area contributed by atoms with Crippen molar-refractivity contribution in [2.45, 2.75) is 43.4 Å². The van der Waals surface area contributed by atoms with Crippen LogP contribution in [0.3, 0.4) is 0 Å². The Hall–Kier alpha value is -1.20. The van der Waals surface area contributed by atoms with Gasteiger partial charge in [0.25, 0.3) is 0 Å². The van der Waals surface area contributed by atoms with Gasteiger partial charge in [-0.15, -0.1) is 0 Å². The normalized spacial score (nSPS) is 22.3. The van der Waals surface area contributed by atoms with E-state index in [1.165, 1.54) is 12.2 Å². The van der Waals surface area contributed by atoms with Crippen LogP contribution in [0.1, 0.15) is 44.2 Å². The summed E-state index contributed by atoms with van der Waals surface area (Å²) in [5.74, 6) is 1.18. The Morgan fingerprint density at radius 1 is 1.41 bits per heavy atom. The lowest BCUT2D eigenvalue weighted by Gasteiger charge is -2.25. The molecule has 0 spiro atoms. The zero-order valence-electron chi connectivity index (χ0n) is 13.2. The maximum absolute atomic E-state index is 12.2. The molecule has 1 heterocycles. The van der Waals surface area contributed by atoms with Crippen LogP contribution in [-0.4, -0.2) is 34.8 Å². The molecule has 1 aliphatic heterocycles. The van der Waals surface area contributed by atoms with Gasteiger partial charge in [0.05, 0.1) is 6.04 Å². The summed E-state index contributed by atoms with van der Waals surface area (Å²) in [6.45, 7) is 3.05. The van der Waals surface area contributed by atoms with Crippen molar-refractivity contribution in [3.05, 3.63) is 35.9 Å². The molecule has 0 aromatic heterocycles. The molecule has 0 saturated carbocycles. The lowest BCUT2D eigenvalue weighted by Crippen LogP contribution is -2.43. The van der Waals surface area contributed by atoms with Crippen molar-refractivity contribution in [2.75, 3.05) is 18.9 Å². The number of rotatable bonds is 7. The number of benzene rings is 1. The fourth-order valence-electron chi connectivity index (χ4n) is 2.76. The lowest BCUT2D eigenvalue weighted by molar-refractivity contribution is 0.232. The average Bonchev–Trinajstić information content (AvgIpc) is 2.97. The predicted octanol–water partition coefficient (Wildman–Crippen LogP) is 3.09. The predicted molar refractivity (Wildman–Crippen MR) is 92.1 cm³/mol. The van der Waals surface area contributed by atoms with Crippen LogP contribution in [0, 0.1) is 0 Å². The summed E-state index contributed by atoms with van der Waals surface area (Å²) >= 11 is 1.94. The first-order valence-electron chi connectivity index (χ1n) is 7.97.